The number of hydrogen-bond acceptors (Lipinski definition) is 4. The van der Waals surface area contributed by atoms with Crippen LogP contribution in [0.2, 0.25) is 0 Å². The molecule has 1 heterocycles. The molecule has 1 aliphatic rings. The topological polar surface area (TPSA) is 55.8 Å². The monoisotopic (exact) mass is 285 g/mol. The number of rotatable bonds is 3. The van der Waals surface area contributed by atoms with Crippen molar-refractivity contribution < 1.29 is 17.9 Å². The molecule has 0 saturated carbocycles. The number of nitrogens with zero attached hydrogens (tertiary/aromatic N) is 1. The van der Waals surface area contributed by atoms with E-state index in [0.29, 0.717) is 18.9 Å². The smallest absolute Gasteiger partial charge is 0.247 e. The van der Waals surface area contributed by atoms with Crippen LogP contribution >= 0.6 is 0 Å². The van der Waals surface area contributed by atoms with Gasteiger partial charge in [-0.15, -0.1) is 0 Å². The molecule has 106 valence electrons. The van der Waals surface area contributed by atoms with Crippen molar-refractivity contribution in [3.63, 3.8) is 0 Å². The van der Waals surface area contributed by atoms with E-state index in [0.717, 1.165) is 0 Å². The zero-order chi connectivity index (χ0) is 14.0. The minimum absolute atomic E-state index is 0.0966. The van der Waals surface area contributed by atoms with E-state index < -0.39 is 10.0 Å². The summed E-state index contributed by atoms with van der Waals surface area (Å²) in [5.41, 5.74) is 0. The normalized spacial score (nSPS) is 25.2. The molecule has 5 nitrogen and oxygen atoms in total. The van der Waals surface area contributed by atoms with Crippen molar-refractivity contribution in [1.82, 2.24) is 4.31 Å². The van der Waals surface area contributed by atoms with E-state index >= 15 is 0 Å². The first-order valence-electron chi connectivity index (χ1n) is 6.23. The maximum Gasteiger partial charge on any atom is 0.247 e. The zero-order valence-corrected chi connectivity index (χ0v) is 12.2. The largest absolute Gasteiger partial charge is 0.495 e. The lowest BCUT2D eigenvalue weighted by atomic mass is 10.2. The van der Waals surface area contributed by atoms with Gasteiger partial charge in [-0.3, -0.25) is 0 Å². The van der Waals surface area contributed by atoms with Crippen LogP contribution in [0.5, 0.6) is 5.75 Å². The summed E-state index contributed by atoms with van der Waals surface area (Å²) >= 11 is 0. The Morgan fingerprint density at radius 2 is 2.00 bits per heavy atom. The third-order valence-electron chi connectivity index (χ3n) is 3.21. The van der Waals surface area contributed by atoms with Crippen molar-refractivity contribution in [2.75, 3.05) is 20.3 Å². The molecule has 0 aromatic heterocycles. The van der Waals surface area contributed by atoms with Gasteiger partial charge in [-0.1, -0.05) is 12.1 Å². The molecular formula is C13H19NO4S. The van der Waals surface area contributed by atoms with Crippen molar-refractivity contribution in [3.8, 4) is 5.75 Å². The van der Waals surface area contributed by atoms with Gasteiger partial charge >= 0.3 is 0 Å². The van der Waals surface area contributed by atoms with Gasteiger partial charge in [0.05, 0.1) is 19.8 Å². The Balaban J connectivity index is 2.41. The van der Waals surface area contributed by atoms with Crippen LogP contribution in [0.1, 0.15) is 13.8 Å². The van der Waals surface area contributed by atoms with Gasteiger partial charge in [0.2, 0.25) is 10.0 Å². The lowest BCUT2D eigenvalue weighted by molar-refractivity contribution is -0.0171. The van der Waals surface area contributed by atoms with Gasteiger partial charge in [0.15, 0.2) is 0 Å². The van der Waals surface area contributed by atoms with Gasteiger partial charge in [-0.25, -0.2) is 8.42 Å². The van der Waals surface area contributed by atoms with E-state index in [-0.39, 0.29) is 17.0 Å². The number of hydrogen-bond donors (Lipinski definition) is 0. The van der Waals surface area contributed by atoms with Crippen LogP contribution in [0, 0.1) is 0 Å². The third kappa shape index (κ3) is 2.75. The summed E-state index contributed by atoms with van der Waals surface area (Å²) in [5.74, 6) is 0.369. The lowest BCUT2D eigenvalue weighted by Crippen LogP contribution is -2.50. The highest BCUT2D eigenvalue weighted by Gasteiger charge is 2.35. The maximum atomic E-state index is 12.7. The molecule has 1 aliphatic heterocycles. The highest BCUT2D eigenvalue weighted by atomic mass is 32.2. The fourth-order valence-electron chi connectivity index (χ4n) is 2.17. The summed E-state index contributed by atoms with van der Waals surface area (Å²) in [4.78, 5) is 0.207. The molecule has 1 aromatic carbocycles. The minimum atomic E-state index is -3.56. The molecule has 0 radical (unpaired) electrons. The first-order chi connectivity index (χ1) is 8.96. The van der Waals surface area contributed by atoms with Crippen molar-refractivity contribution >= 4 is 10.0 Å². The molecular weight excluding hydrogens is 266 g/mol. The van der Waals surface area contributed by atoms with Gasteiger partial charge < -0.3 is 9.47 Å². The highest BCUT2D eigenvalue weighted by molar-refractivity contribution is 7.89. The predicted octanol–water partition coefficient (Wildman–Crippen LogP) is 1.49. The van der Waals surface area contributed by atoms with Crippen molar-refractivity contribution in [1.29, 1.82) is 0 Å². The van der Waals surface area contributed by atoms with Crippen LogP contribution in [0.3, 0.4) is 0 Å². The summed E-state index contributed by atoms with van der Waals surface area (Å²) < 4.78 is 37.5. The van der Waals surface area contributed by atoms with Gasteiger partial charge in [-0.05, 0) is 26.0 Å². The van der Waals surface area contributed by atoms with E-state index in [4.69, 9.17) is 9.47 Å². The molecule has 1 saturated heterocycles. The quantitative estimate of drug-likeness (QED) is 0.844. The van der Waals surface area contributed by atoms with Gasteiger partial charge in [-0.2, -0.15) is 4.31 Å². The molecule has 6 heteroatoms. The van der Waals surface area contributed by atoms with E-state index in [1.54, 1.807) is 24.3 Å². The Kier molecular flexibility index (Phi) is 4.13. The van der Waals surface area contributed by atoms with Crippen molar-refractivity contribution in [2.45, 2.75) is 30.9 Å². The average molecular weight is 285 g/mol. The first kappa shape index (κ1) is 14.3. The highest BCUT2D eigenvalue weighted by Crippen LogP contribution is 2.29. The molecule has 2 unspecified atom stereocenters. The summed E-state index contributed by atoms with van der Waals surface area (Å²) in [7, 11) is -2.09. The van der Waals surface area contributed by atoms with E-state index in [2.05, 4.69) is 0 Å². The molecule has 0 spiro atoms. The lowest BCUT2D eigenvalue weighted by Gasteiger charge is -2.35. The molecule has 1 aromatic rings. The molecule has 0 bridgehead atoms. The van der Waals surface area contributed by atoms with Crippen LogP contribution in [-0.2, 0) is 14.8 Å². The van der Waals surface area contributed by atoms with E-state index in [1.165, 1.54) is 11.4 Å². The molecule has 19 heavy (non-hydrogen) atoms. The second kappa shape index (κ2) is 5.48. The Hall–Kier alpha value is -1.11. The van der Waals surface area contributed by atoms with Crippen LogP contribution in [-0.4, -0.2) is 45.1 Å². The minimum Gasteiger partial charge on any atom is -0.495 e. The van der Waals surface area contributed by atoms with Gasteiger partial charge in [0, 0.05) is 12.6 Å². The Labute approximate surface area is 114 Å². The number of benzene rings is 1. The molecule has 0 amide bonds. The van der Waals surface area contributed by atoms with Crippen LogP contribution in [0.4, 0.5) is 0 Å². The fourth-order valence-corrected chi connectivity index (χ4v) is 4.02. The number of morpholine rings is 1. The summed E-state index contributed by atoms with van der Waals surface area (Å²) in [6.07, 6.45) is -0.0966. The Bertz CT molecular complexity index is 543. The fraction of sp³-hybridized carbons (Fsp3) is 0.538. The maximum absolute atomic E-state index is 12.7. The van der Waals surface area contributed by atoms with Gasteiger partial charge in [0.25, 0.3) is 0 Å². The molecule has 1 fully saturated rings. The van der Waals surface area contributed by atoms with Crippen molar-refractivity contribution in [3.05, 3.63) is 24.3 Å². The summed E-state index contributed by atoms with van der Waals surface area (Å²) in [6, 6.07) is 6.50. The van der Waals surface area contributed by atoms with E-state index in [1.807, 2.05) is 13.8 Å². The standard InChI is InChI=1S/C13H19NO4S/c1-10-9-18-11(2)8-14(10)19(15,16)13-7-5-4-6-12(13)17-3/h4-7,10-11H,8-9H2,1-3H3. The van der Waals surface area contributed by atoms with E-state index in [9.17, 15) is 8.42 Å². The number of ether oxygens (including phenoxy) is 2. The average Bonchev–Trinajstić information content (AvgIpc) is 2.41. The molecule has 2 rings (SSSR count). The summed E-state index contributed by atoms with van der Waals surface area (Å²) in [6.45, 7) is 4.49. The second-order valence-electron chi connectivity index (χ2n) is 4.72. The third-order valence-corrected chi connectivity index (χ3v) is 5.23. The van der Waals surface area contributed by atoms with Crippen molar-refractivity contribution in [2.24, 2.45) is 0 Å². The van der Waals surface area contributed by atoms with Crippen LogP contribution < -0.4 is 4.74 Å². The second-order valence-corrected chi connectivity index (χ2v) is 6.58. The first-order valence-corrected chi connectivity index (χ1v) is 7.67. The Morgan fingerprint density at radius 3 is 2.68 bits per heavy atom. The van der Waals surface area contributed by atoms with Crippen LogP contribution in [0.15, 0.2) is 29.2 Å². The zero-order valence-electron chi connectivity index (χ0n) is 11.4. The molecule has 0 aliphatic carbocycles. The van der Waals surface area contributed by atoms with Crippen LogP contribution in [0.25, 0.3) is 0 Å². The Morgan fingerprint density at radius 1 is 1.32 bits per heavy atom. The summed E-state index contributed by atoms with van der Waals surface area (Å²) in [5, 5.41) is 0. The molecule has 0 N–H and O–H groups in total. The number of para-hydroxylation sites is 1. The number of sulfonamides is 1. The number of methoxy groups -OCH3 is 1. The van der Waals surface area contributed by atoms with Gasteiger partial charge in [0.1, 0.15) is 10.6 Å². The molecule has 2 atom stereocenters. The SMILES string of the molecule is COc1ccccc1S(=O)(=O)N1CC(C)OCC1C. The predicted molar refractivity (Wildman–Crippen MR) is 71.8 cm³/mol.